The Kier molecular flexibility index (Phi) is 5.79. The molecule has 1 heterocycles. The first-order valence-corrected chi connectivity index (χ1v) is 8.58. The molecule has 112 valence electrons. The molecule has 1 unspecified atom stereocenters. The summed E-state index contributed by atoms with van der Waals surface area (Å²) in [6.07, 6.45) is 2.81. The van der Waals surface area contributed by atoms with Gasteiger partial charge in [-0.2, -0.15) is 0 Å². The molecule has 0 radical (unpaired) electrons. The van der Waals surface area contributed by atoms with Gasteiger partial charge in [0, 0.05) is 34.4 Å². The molecule has 0 aliphatic carbocycles. The van der Waals surface area contributed by atoms with Gasteiger partial charge in [-0.25, -0.2) is 0 Å². The van der Waals surface area contributed by atoms with E-state index >= 15 is 0 Å². The van der Waals surface area contributed by atoms with Crippen LogP contribution < -0.4 is 5.32 Å². The van der Waals surface area contributed by atoms with Crippen LogP contribution >= 0.6 is 23.4 Å². The third-order valence-corrected chi connectivity index (χ3v) is 4.76. The minimum atomic E-state index is 0.110. The SMILES string of the molecule is CC(C)(C)NCc1cc(Cl)ccc1SCC1CCCO1. The summed E-state index contributed by atoms with van der Waals surface area (Å²) in [7, 11) is 0. The highest BCUT2D eigenvalue weighted by molar-refractivity contribution is 7.99. The first-order chi connectivity index (χ1) is 9.44. The van der Waals surface area contributed by atoms with Crippen molar-refractivity contribution in [3.05, 3.63) is 28.8 Å². The molecule has 2 nitrogen and oxygen atoms in total. The van der Waals surface area contributed by atoms with Gasteiger partial charge in [-0.3, -0.25) is 0 Å². The maximum Gasteiger partial charge on any atom is 0.0669 e. The third kappa shape index (κ3) is 5.28. The van der Waals surface area contributed by atoms with Crippen molar-refractivity contribution in [2.75, 3.05) is 12.4 Å². The van der Waals surface area contributed by atoms with Crippen LogP contribution in [-0.2, 0) is 11.3 Å². The van der Waals surface area contributed by atoms with E-state index in [0.29, 0.717) is 6.10 Å². The van der Waals surface area contributed by atoms with E-state index in [1.807, 2.05) is 17.8 Å². The Morgan fingerprint density at radius 3 is 2.85 bits per heavy atom. The Morgan fingerprint density at radius 2 is 2.20 bits per heavy atom. The summed E-state index contributed by atoms with van der Waals surface area (Å²) in [5.41, 5.74) is 1.38. The average molecular weight is 314 g/mol. The smallest absolute Gasteiger partial charge is 0.0669 e. The van der Waals surface area contributed by atoms with Crippen LogP contribution in [0.4, 0.5) is 0 Å². The van der Waals surface area contributed by atoms with Crippen LogP contribution in [0, 0.1) is 0 Å². The minimum Gasteiger partial charge on any atom is -0.377 e. The van der Waals surface area contributed by atoms with Gasteiger partial charge in [0.15, 0.2) is 0 Å². The molecule has 1 aromatic carbocycles. The van der Waals surface area contributed by atoms with Gasteiger partial charge in [0.25, 0.3) is 0 Å². The van der Waals surface area contributed by atoms with Crippen molar-refractivity contribution in [2.24, 2.45) is 0 Å². The predicted molar refractivity (Wildman–Crippen MR) is 87.7 cm³/mol. The number of ether oxygens (including phenoxy) is 1. The minimum absolute atomic E-state index is 0.110. The first-order valence-electron chi connectivity index (χ1n) is 7.22. The quantitative estimate of drug-likeness (QED) is 0.809. The molecule has 1 fully saturated rings. The number of hydrogen-bond acceptors (Lipinski definition) is 3. The Balaban J connectivity index is 1.99. The van der Waals surface area contributed by atoms with Crippen molar-refractivity contribution in [2.45, 2.75) is 56.7 Å². The van der Waals surface area contributed by atoms with E-state index in [-0.39, 0.29) is 5.54 Å². The molecular weight excluding hydrogens is 290 g/mol. The molecular formula is C16H24ClNOS. The summed E-state index contributed by atoms with van der Waals surface area (Å²) in [5.74, 6) is 1.03. The van der Waals surface area contributed by atoms with Crippen LogP contribution in [0.2, 0.25) is 5.02 Å². The van der Waals surface area contributed by atoms with E-state index in [1.165, 1.54) is 23.3 Å². The topological polar surface area (TPSA) is 21.3 Å². The highest BCUT2D eigenvalue weighted by Gasteiger charge is 2.17. The molecule has 20 heavy (non-hydrogen) atoms. The number of rotatable bonds is 5. The first kappa shape index (κ1) is 16.2. The summed E-state index contributed by atoms with van der Waals surface area (Å²) in [6.45, 7) is 8.30. The molecule has 0 spiro atoms. The van der Waals surface area contributed by atoms with Gasteiger partial charge in [0.05, 0.1) is 6.10 Å². The summed E-state index contributed by atoms with van der Waals surface area (Å²) in [4.78, 5) is 1.31. The Labute approximate surface area is 131 Å². The second-order valence-electron chi connectivity index (χ2n) is 6.30. The normalized spacial score (nSPS) is 19.5. The lowest BCUT2D eigenvalue weighted by atomic mass is 10.1. The maximum absolute atomic E-state index is 6.13. The summed E-state index contributed by atoms with van der Waals surface area (Å²) >= 11 is 8.01. The number of halogens is 1. The molecule has 1 aliphatic heterocycles. The van der Waals surface area contributed by atoms with E-state index in [1.54, 1.807) is 0 Å². The number of nitrogens with one attached hydrogen (secondary N) is 1. The van der Waals surface area contributed by atoms with Crippen molar-refractivity contribution < 1.29 is 4.74 Å². The van der Waals surface area contributed by atoms with Gasteiger partial charge < -0.3 is 10.1 Å². The van der Waals surface area contributed by atoms with Gasteiger partial charge in [0.2, 0.25) is 0 Å². The van der Waals surface area contributed by atoms with Crippen molar-refractivity contribution >= 4 is 23.4 Å². The Hall–Kier alpha value is -0.220. The van der Waals surface area contributed by atoms with Gasteiger partial charge in [-0.05, 0) is 57.4 Å². The molecule has 1 aromatic rings. The maximum atomic E-state index is 6.13. The van der Waals surface area contributed by atoms with Gasteiger partial charge in [-0.1, -0.05) is 11.6 Å². The summed E-state index contributed by atoms with van der Waals surface area (Å²) in [6, 6.07) is 6.17. The van der Waals surface area contributed by atoms with E-state index in [2.05, 4.69) is 38.2 Å². The fourth-order valence-corrected chi connectivity index (χ4v) is 3.45. The standard InChI is InChI=1S/C16H24ClNOS/c1-16(2,3)18-10-12-9-13(17)6-7-15(12)20-11-14-5-4-8-19-14/h6-7,9,14,18H,4-5,8,10-11H2,1-3H3. The molecule has 0 bridgehead atoms. The number of benzene rings is 1. The second-order valence-corrected chi connectivity index (χ2v) is 7.80. The van der Waals surface area contributed by atoms with Crippen LogP contribution in [0.25, 0.3) is 0 Å². The van der Waals surface area contributed by atoms with Gasteiger partial charge >= 0.3 is 0 Å². The van der Waals surface area contributed by atoms with E-state index < -0.39 is 0 Å². The lowest BCUT2D eigenvalue weighted by Crippen LogP contribution is -2.35. The van der Waals surface area contributed by atoms with Crippen molar-refractivity contribution in [3.63, 3.8) is 0 Å². The molecule has 1 aliphatic rings. The molecule has 1 atom stereocenters. The van der Waals surface area contributed by atoms with E-state index in [0.717, 1.165) is 23.9 Å². The van der Waals surface area contributed by atoms with Crippen LogP contribution in [0.3, 0.4) is 0 Å². The van der Waals surface area contributed by atoms with E-state index in [9.17, 15) is 0 Å². The van der Waals surface area contributed by atoms with Crippen LogP contribution in [-0.4, -0.2) is 24.0 Å². The number of thioether (sulfide) groups is 1. The van der Waals surface area contributed by atoms with Crippen LogP contribution in [0.5, 0.6) is 0 Å². The van der Waals surface area contributed by atoms with Crippen LogP contribution in [0.1, 0.15) is 39.2 Å². The Bertz CT molecular complexity index is 439. The van der Waals surface area contributed by atoms with Crippen LogP contribution in [0.15, 0.2) is 23.1 Å². The highest BCUT2D eigenvalue weighted by Crippen LogP contribution is 2.29. The Morgan fingerprint density at radius 1 is 1.40 bits per heavy atom. The van der Waals surface area contributed by atoms with Crippen molar-refractivity contribution in [3.8, 4) is 0 Å². The molecule has 1 N–H and O–H groups in total. The monoisotopic (exact) mass is 313 g/mol. The summed E-state index contributed by atoms with van der Waals surface area (Å²) in [5, 5.41) is 4.33. The molecule has 0 saturated carbocycles. The molecule has 2 rings (SSSR count). The zero-order valence-corrected chi connectivity index (χ0v) is 14.1. The van der Waals surface area contributed by atoms with Crippen molar-refractivity contribution in [1.82, 2.24) is 5.32 Å². The summed E-state index contributed by atoms with van der Waals surface area (Å²) < 4.78 is 5.69. The van der Waals surface area contributed by atoms with Gasteiger partial charge in [-0.15, -0.1) is 11.8 Å². The molecule has 0 aromatic heterocycles. The number of hydrogen-bond donors (Lipinski definition) is 1. The van der Waals surface area contributed by atoms with Gasteiger partial charge in [0.1, 0.15) is 0 Å². The largest absolute Gasteiger partial charge is 0.377 e. The molecule has 1 saturated heterocycles. The fourth-order valence-electron chi connectivity index (χ4n) is 2.15. The third-order valence-electron chi connectivity index (χ3n) is 3.28. The van der Waals surface area contributed by atoms with Crippen molar-refractivity contribution in [1.29, 1.82) is 0 Å². The average Bonchev–Trinajstić information content (AvgIpc) is 2.87. The lowest BCUT2D eigenvalue weighted by molar-refractivity contribution is 0.129. The second kappa shape index (κ2) is 7.17. The zero-order chi connectivity index (χ0) is 14.6. The van der Waals surface area contributed by atoms with E-state index in [4.69, 9.17) is 16.3 Å². The lowest BCUT2D eigenvalue weighted by Gasteiger charge is -2.22. The molecule has 0 amide bonds. The fraction of sp³-hybridized carbons (Fsp3) is 0.625. The molecule has 4 heteroatoms. The zero-order valence-electron chi connectivity index (χ0n) is 12.5. The highest BCUT2D eigenvalue weighted by atomic mass is 35.5. The predicted octanol–water partition coefficient (Wildman–Crippen LogP) is 4.50.